The van der Waals surface area contributed by atoms with E-state index >= 15 is 0 Å². The molecule has 2 aromatic rings. The molecule has 0 radical (unpaired) electrons. The standard InChI is InChI=1S/C9H15N5/c1-3-8-12-9-11-6(2)7(4-5-10)14(9)13-8/h3-5,10H2,1-2H3,(H,11,12,13). The van der Waals surface area contributed by atoms with Crippen LogP contribution in [0.5, 0.6) is 0 Å². The Morgan fingerprint density at radius 3 is 2.86 bits per heavy atom. The highest BCUT2D eigenvalue weighted by molar-refractivity contribution is 5.34. The molecule has 5 heteroatoms. The fourth-order valence-electron chi connectivity index (χ4n) is 1.60. The summed E-state index contributed by atoms with van der Waals surface area (Å²) in [5, 5.41) is 3.21. The molecule has 0 aliphatic heterocycles. The van der Waals surface area contributed by atoms with Crippen LogP contribution in [0.2, 0.25) is 0 Å². The van der Waals surface area contributed by atoms with E-state index in [2.05, 4.69) is 22.0 Å². The minimum Gasteiger partial charge on any atom is -0.330 e. The Morgan fingerprint density at radius 2 is 2.21 bits per heavy atom. The van der Waals surface area contributed by atoms with Gasteiger partial charge in [-0.3, -0.25) is 5.10 Å². The van der Waals surface area contributed by atoms with Gasteiger partial charge in [0.2, 0.25) is 0 Å². The van der Waals surface area contributed by atoms with Crippen LogP contribution in [0.4, 0.5) is 0 Å². The fourth-order valence-corrected chi connectivity index (χ4v) is 1.60. The number of hydrogen-bond donors (Lipinski definition) is 2. The Balaban J connectivity index is 2.54. The second-order valence-corrected chi connectivity index (χ2v) is 3.34. The summed E-state index contributed by atoms with van der Waals surface area (Å²) in [6.07, 6.45) is 1.73. The maximum absolute atomic E-state index is 5.54. The number of imidazole rings is 1. The van der Waals surface area contributed by atoms with Gasteiger partial charge in [0.25, 0.3) is 5.78 Å². The van der Waals surface area contributed by atoms with E-state index in [9.17, 15) is 0 Å². The predicted molar refractivity (Wildman–Crippen MR) is 54.2 cm³/mol. The predicted octanol–water partition coefficient (Wildman–Crippen LogP) is 0.429. The van der Waals surface area contributed by atoms with Gasteiger partial charge < -0.3 is 5.73 Å². The molecule has 0 unspecified atom stereocenters. The molecule has 2 rings (SSSR count). The van der Waals surface area contributed by atoms with Crippen LogP contribution in [0.1, 0.15) is 24.1 Å². The largest absolute Gasteiger partial charge is 0.330 e. The van der Waals surface area contributed by atoms with Crippen LogP contribution in [0.25, 0.3) is 5.78 Å². The van der Waals surface area contributed by atoms with Crippen molar-refractivity contribution in [3.05, 3.63) is 17.2 Å². The minimum atomic E-state index is 0.634. The summed E-state index contributed by atoms with van der Waals surface area (Å²) in [7, 11) is 0. The number of aromatic nitrogens is 4. The van der Waals surface area contributed by atoms with Crippen LogP contribution in [0, 0.1) is 6.92 Å². The molecule has 0 aliphatic rings. The lowest BCUT2D eigenvalue weighted by Crippen LogP contribution is -2.06. The third-order valence-corrected chi connectivity index (χ3v) is 2.35. The van der Waals surface area contributed by atoms with Crippen molar-refractivity contribution in [2.24, 2.45) is 5.73 Å². The summed E-state index contributed by atoms with van der Waals surface area (Å²) in [6, 6.07) is 0. The molecule has 0 saturated carbocycles. The Kier molecular flexibility index (Phi) is 2.25. The Labute approximate surface area is 82.3 Å². The van der Waals surface area contributed by atoms with Crippen LogP contribution in [-0.4, -0.2) is 26.1 Å². The number of aryl methyl sites for hydroxylation is 2. The Morgan fingerprint density at radius 1 is 1.43 bits per heavy atom. The number of H-pyrrole nitrogens is 1. The van der Waals surface area contributed by atoms with E-state index in [4.69, 9.17) is 5.73 Å². The lowest BCUT2D eigenvalue weighted by molar-refractivity contribution is 0.809. The van der Waals surface area contributed by atoms with Crippen molar-refractivity contribution in [3.8, 4) is 0 Å². The molecular formula is C9H15N5. The number of nitrogens with two attached hydrogens (primary N) is 1. The zero-order valence-electron chi connectivity index (χ0n) is 8.54. The highest BCUT2D eigenvalue weighted by Gasteiger charge is 2.11. The first kappa shape index (κ1) is 9.21. The van der Waals surface area contributed by atoms with Crippen molar-refractivity contribution in [1.82, 2.24) is 19.6 Å². The normalized spacial score (nSPS) is 11.4. The zero-order chi connectivity index (χ0) is 10.1. The number of nitrogens with zero attached hydrogens (tertiary/aromatic N) is 3. The summed E-state index contributed by atoms with van der Waals surface area (Å²) >= 11 is 0. The number of fused-ring (bicyclic) bond motifs is 1. The van der Waals surface area contributed by atoms with E-state index in [-0.39, 0.29) is 0 Å². The molecule has 0 atom stereocenters. The van der Waals surface area contributed by atoms with E-state index < -0.39 is 0 Å². The number of rotatable bonds is 3. The van der Waals surface area contributed by atoms with Crippen molar-refractivity contribution in [1.29, 1.82) is 0 Å². The molecule has 3 N–H and O–H groups in total. The van der Waals surface area contributed by atoms with Gasteiger partial charge >= 0.3 is 0 Å². The first-order chi connectivity index (χ1) is 6.76. The van der Waals surface area contributed by atoms with Crippen molar-refractivity contribution < 1.29 is 0 Å². The van der Waals surface area contributed by atoms with Gasteiger partial charge in [-0.05, 0) is 13.5 Å². The van der Waals surface area contributed by atoms with E-state index in [0.29, 0.717) is 6.54 Å². The molecule has 0 fully saturated rings. The van der Waals surface area contributed by atoms with E-state index in [1.165, 1.54) is 0 Å². The average molecular weight is 193 g/mol. The van der Waals surface area contributed by atoms with Crippen LogP contribution in [0.3, 0.4) is 0 Å². The fraction of sp³-hybridized carbons (Fsp3) is 0.556. The third kappa shape index (κ3) is 1.29. The highest BCUT2D eigenvalue weighted by Crippen LogP contribution is 2.10. The van der Waals surface area contributed by atoms with Crippen molar-refractivity contribution in [2.75, 3.05) is 6.54 Å². The van der Waals surface area contributed by atoms with Crippen LogP contribution >= 0.6 is 0 Å². The molecule has 2 heterocycles. The minimum absolute atomic E-state index is 0.634. The van der Waals surface area contributed by atoms with Gasteiger partial charge in [0.05, 0.1) is 11.4 Å². The number of hydrogen-bond acceptors (Lipinski definition) is 3. The van der Waals surface area contributed by atoms with Gasteiger partial charge in [0, 0.05) is 12.8 Å². The lowest BCUT2D eigenvalue weighted by atomic mass is 10.3. The molecular weight excluding hydrogens is 178 g/mol. The second-order valence-electron chi connectivity index (χ2n) is 3.34. The molecule has 76 valence electrons. The molecule has 5 nitrogen and oxygen atoms in total. The quantitative estimate of drug-likeness (QED) is 0.742. The smallest absolute Gasteiger partial charge is 0.251 e. The van der Waals surface area contributed by atoms with Gasteiger partial charge in [-0.1, -0.05) is 6.92 Å². The highest BCUT2D eigenvalue weighted by atomic mass is 15.3. The van der Waals surface area contributed by atoms with Gasteiger partial charge in [0.1, 0.15) is 5.82 Å². The molecule has 0 saturated heterocycles. The summed E-state index contributed by atoms with van der Waals surface area (Å²) < 4.78 is 1.93. The maximum atomic E-state index is 5.54. The van der Waals surface area contributed by atoms with Crippen molar-refractivity contribution >= 4 is 5.78 Å². The van der Waals surface area contributed by atoms with Gasteiger partial charge in [0.15, 0.2) is 0 Å². The molecule has 0 bridgehead atoms. The number of aromatic amines is 1. The molecule has 0 aromatic carbocycles. The van der Waals surface area contributed by atoms with Gasteiger partial charge in [-0.15, -0.1) is 0 Å². The van der Waals surface area contributed by atoms with Gasteiger partial charge in [-0.25, -0.2) is 9.50 Å². The Hall–Kier alpha value is -1.36. The number of nitrogens with one attached hydrogen (secondary N) is 1. The zero-order valence-corrected chi connectivity index (χ0v) is 8.54. The second kappa shape index (κ2) is 3.42. The van der Waals surface area contributed by atoms with E-state index in [1.807, 2.05) is 11.4 Å². The summed E-state index contributed by atoms with van der Waals surface area (Å²) in [5.41, 5.74) is 7.69. The Bertz CT molecular complexity index is 439. The first-order valence-corrected chi connectivity index (χ1v) is 4.89. The first-order valence-electron chi connectivity index (χ1n) is 4.89. The van der Waals surface area contributed by atoms with Crippen LogP contribution in [-0.2, 0) is 12.8 Å². The monoisotopic (exact) mass is 193 g/mol. The SMILES string of the molecule is CCc1nc2nc(C)c(CCN)n2[nH]1. The molecule has 0 spiro atoms. The van der Waals surface area contributed by atoms with Crippen LogP contribution < -0.4 is 5.73 Å². The topological polar surface area (TPSA) is 72.0 Å². The average Bonchev–Trinajstić information content (AvgIpc) is 2.67. The molecule has 0 amide bonds. The van der Waals surface area contributed by atoms with Gasteiger partial charge in [-0.2, -0.15) is 4.98 Å². The third-order valence-electron chi connectivity index (χ3n) is 2.35. The van der Waals surface area contributed by atoms with Crippen LogP contribution in [0.15, 0.2) is 0 Å². The molecule has 0 aliphatic carbocycles. The molecule has 2 aromatic heterocycles. The van der Waals surface area contributed by atoms with Crippen molar-refractivity contribution in [2.45, 2.75) is 26.7 Å². The lowest BCUT2D eigenvalue weighted by Gasteiger charge is -1.97. The van der Waals surface area contributed by atoms with Crippen molar-refractivity contribution in [3.63, 3.8) is 0 Å². The van der Waals surface area contributed by atoms with E-state index in [1.54, 1.807) is 0 Å². The summed E-state index contributed by atoms with van der Waals surface area (Å²) in [4.78, 5) is 8.72. The summed E-state index contributed by atoms with van der Waals surface area (Å²) in [5.74, 6) is 1.72. The maximum Gasteiger partial charge on any atom is 0.251 e. The summed E-state index contributed by atoms with van der Waals surface area (Å²) in [6.45, 7) is 4.68. The molecule has 14 heavy (non-hydrogen) atoms. The van der Waals surface area contributed by atoms with E-state index in [0.717, 1.165) is 35.8 Å².